The molecule has 0 saturated carbocycles. The van der Waals surface area contributed by atoms with Gasteiger partial charge in [0.05, 0.1) is 5.92 Å². The van der Waals surface area contributed by atoms with Gasteiger partial charge in [-0.05, 0) is 30.5 Å². The van der Waals surface area contributed by atoms with Gasteiger partial charge in [-0.25, -0.2) is 0 Å². The first kappa shape index (κ1) is 19.2. The van der Waals surface area contributed by atoms with Crippen LogP contribution in [0.3, 0.4) is 0 Å². The van der Waals surface area contributed by atoms with E-state index >= 15 is 0 Å². The van der Waals surface area contributed by atoms with Gasteiger partial charge in [-0.1, -0.05) is 34.6 Å². The highest BCUT2D eigenvalue weighted by Crippen LogP contribution is 2.49. The first-order chi connectivity index (χ1) is 10.0. The number of rotatable bonds is 7. The third-order valence-electron chi connectivity index (χ3n) is 4.70. The van der Waals surface area contributed by atoms with Gasteiger partial charge in [0, 0.05) is 13.0 Å². The molecule has 6 heteroatoms. The van der Waals surface area contributed by atoms with E-state index in [4.69, 9.17) is 9.16 Å². The van der Waals surface area contributed by atoms with E-state index in [1.165, 1.54) is 6.92 Å². The molecule has 1 aliphatic heterocycles. The fourth-order valence-corrected chi connectivity index (χ4v) is 9.82. The van der Waals surface area contributed by atoms with Crippen LogP contribution in [0.1, 0.15) is 55.4 Å². The normalized spacial score (nSPS) is 23.5. The first-order valence-electron chi connectivity index (χ1n) is 8.19. The topological polar surface area (TPSA) is 64.6 Å². The van der Waals surface area contributed by atoms with Gasteiger partial charge in [-0.2, -0.15) is 0 Å². The van der Waals surface area contributed by atoms with Crippen molar-refractivity contribution in [2.24, 2.45) is 5.92 Å². The van der Waals surface area contributed by atoms with Gasteiger partial charge >= 0.3 is 5.97 Å². The number of carbonyl (C=O) groups excluding carboxylic acids is 2. The molecule has 0 bridgehead atoms. The Hall–Kier alpha value is -0.883. The van der Waals surface area contributed by atoms with Gasteiger partial charge in [0.1, 0.15) is 0 Å². The van der Waals surface area contributed by atoms with Crippen molar-refractivity contribution in [1.82, 2.24) is 5.32 Å². The second kappa shape index (κ2) is 7.13. The van der Waals surface area contributed by atoms with Crippen molar-refractivity contribution in [2.45, 2.75) is 84.3 Å². The number of hydrogen-bond acceptors (Lipinski definition) is 4. The molecule has 0 aromatic carbocycles. The summed E-state index contributed by atoms with van der Waals surface area (Å²) in [6.07, 6.45) is -0.394. The zero-order chi connectivity index (χ0) is 17.2. The molecule has 5 nitrogen and oxygen atoms in total. The van der Waals surface area contributed by atoms with Crippen molar-refractivity contribution in [3.05, 3.63) is 0 Å². The molecule has 0 radical (unpaired) electrons. The van der Waals surface area contributed by atoms with Crippen LogP contribution >= 0.6 is 0 Å². The molecule has 0 aliphatic carbocycles. The van der Waals surface area contributed by atoms with Crippen molar-refractivity contribution in [2.75, 3.05) is 0 Å². The Bertz CT molecular complexity index is 414. The summed E-state index contributed by atoms with van der Waals surface area (Å²) in [5, 5.41) is 2.69. The highest BCUT2D eigenvalue weighted by Gasteiger charge is 2.57. The van der Waals surface area contributed by atoms with Crippen LogP contribution in [0.15, 0.2) is 0 Å². The van der Waals surface area contributed by atoms with Gasteiger partial charge in [-0.15, -0.1) is 0 Å². The number of β-lactam (4-membered cyclic amide) rings is 1. The Kier molecular flexibility index (Phi) is 6.21. The quantitative estimate of drug-likeness (QED) is 0.442. The molecule has 1 N–H and O–H groups in total. The Labute approximate surface area is 135 Å². The third-order valence-corrected chi connectivity index (χ3v) is 11.0. The van der Waals surface area contributed by atoms with Gasteiger partial charge in [0.25, 0.3) is 0 Å². The summed E-state index contributed by atoms with van der Waals surface area (Å²) in [5.41, 5.74) is 0.820. The maximum absolute atomic E-state index is 12.1. The lowest BCUT2D eigenvalue weighted by Crippen LogP contribution is -2.66. The highest BCUT2D eigenvalue weighted by molar-refractivity contribution is 6.78. The number of amides is 1. The monoisotopic (exact) mass is 329 g/mol. The first-order valence-corrected chi connectivity index (χ1v) is 10.3. The molecule has 128 valence electrons. The minimum Gasteiger partial charge on any atom is -0.441 e. The molecule has 1 heterocycles. The molecule has 1 rings (SSSR count). The second-order valence-corrected chi connectivity index (χ2v) is 12.3. The molecule has 0 aromatic heterocycles. The largest absolute Gasteiger partial charge is 0.441 e. The standard InChI is InChI=1S/C16H31NO4Si/c1-9(2)21-22(10(3)4,11(5)6)12(7)14-15(19)17-16(14)20-13(8)18/h9-12,14,16H,1-8H3,(H,17,19)/t12-,14+,16-/m1/s1. The molecular weight excluding hydrogens is 298 g/mol. The summed E-state index contributed by atoms with van der Waals surface area (Å²) in [4.78, 5) is 23.3. The van der Waals surface area contributed by atoms with Crippen LogP contribution in [0, 0.1) is 5.92 Å². The molecule has 0 aromatic rings. The Morgan fingerprint density at radius 3 is 1.91 bits per heavy atom. The van der Waals surface area contributed by atoms with Gasteiger partial charge in [0.15, 0.2) is 6.23 Å². The van der Waals surface area contributed by atoms with Crippen LogP contribution in [0.4, 0.5) is 0 Å². The zero-order valence-electron chi connectivity index (χ0n) is 15.1. The summed E-state index contributed by atoms with van der Waals surface area (Å²) in [6.45, 7) is 16.3. The summed E-state index contributed by atoms with van der Waals surface area (Å²) in [7, 11) is -2.24. The highest BCUT2D eigenvalue weighted by atomic mass is 28.4. The summed E-state index contributed by atoms with van der Waals surface area (Å²) < 4.78 is 11.7. The van der Waals surface area contributed by atoms with E-state index in [0.29, 0.717) is 11.1 Å². The van der Waals surface area contributed by atoms with E-state index in [2.05, 4.69) is 39.9 Å². The van der Waals surface area contributed by atoms with Crippen LogP contribution in [-0.4, -0.2) is 32.5 Å². The van der Waals surface area contributed by atoms with Crippen LogP contribution in [0.5, 0.6) is 0 Å². The van der Waals surface area contributed by atoms with Crippen LogP contribution in [0.25, 0.3) is 0 Å². The summed E-state index contributed by atoms with van der Waals surface area (Å²) >= 11 is 0. The van der Waals surface area contributed by atoms with Crippen LogP contribution in [0.2, 0.25) is 16.6 Å². The van der Waals surface area contributed by atoms with Gasteiger partial charge in [0.2, 0.25) is 14.2 Å². The average Bonchev–Trinajstić information content (AvgIpc) is 2.33. The van der Waals surface area contributed by atoms with Gasteiger partial charge < -0.3 is 14.5 Å². The lowest BCUT2D eigenvalue weighted by molar-refractivity contribution is -0.167. The molecule has 3 atom stereocenters. The number of esters is 1. The van der Waals surface area contributed by atoms with Crippen molar-refractivity contribution in [3.63, 3.8) is 0 Å². The second-order valence-electron chi connectivity index (χ2n) is 7.18. The predicted octanol–water partition coefficient (Wildman–Crippen LogP) is 3.20. The molecule has 1 amide bonds. The Balaban J connectivity index is 3.12. The fourth-order valence-electron chi connectivity index (χ4n) is 3.92. The number of nitrogens with one attached hydrogen (secondary N) is 1. The number of carbonyl (C=O) groups is 2. The van der Waals surface area contributed by atoms with E-state index < -0.39 is 14.5 Å². The van der Waals surface area contributed by atoms with E-state index in [1.54, 1.807) is 0 Å². The van der Waals surface area contributed by atoms with Crippen molar-refractivity contribution < 1.29 is 18.8 Å². The maximum atomic E-state index is 12.1. The smallest absolute Gasteiger partial charge is 0.304 e. The lowest BCUT2D eigenvalue weighted by atomic mass is 9.95. The van der Waals surface area contributed by atoms with Crippen molar-refractivity contribution in [3.8, 4) is 0 Å². The minimum absolute atomic E-state index is 0.0377. The Morgan fingerprint density at radius 2 is 1.59 bits per heavy atom. The van der Waals surface area contributed by atoms with Gasteiger partial charge in [-0.3, -0.25) is 9.59 Å². The predicted molar refractivity (Wildman–Crippen MR) is 88.8 cm³/mol. The SMILES string of the molecule is CC(=O)O[C@H]1NC(=O)[C@@H]1[C@@H](C)[Si](OC(C)C)(C(C)C)C(C)C. The third kappa shape index (κ3) is 3.54. The lowest BCUT2D eigenvalue weighted by Gasteiger charge is -2.50. The fraction of sp³-hybridized carbons (Fsp3) is 0.875. The molecular formula is C16H31NO4Si. The minimum atomic E-state index is -2.24. The molecule has 1 saturated heterocycles. The molecule has 0 spiro atoms. The van der Waals surface area contributed by atoms with E-state index in [1.807, 2.05) is 13.8 Å². The van der Waals surface area contributed by atoms with Crippen molar-refractivity contribution in [1.29, 1.82) is 0 Å². The average molecular weight is 330 g/mol. The van der Waals surface area contributed by atoms with Crippen molar-refractivity contribution >= 4 is 20.2 Å². The summed E-state index contributed by atoms with van der Waals surface area (Å²) in [5.74, 6) is -0.711. The van der Waals surface area contributed by atoms with Crippen LogP contribution < -0.4 is 5.32 Å². The molecule has 1 aliphatic rings. The van der Waals surface area contributed by atoms with E-state index in [0.717, 1.165) is 0 Å². The van der Waals surface area contributed by atoms with E-state index in [-0.39, 0.29) is 29.4 Å². The molecule has 1 fully saturated rings. The Morgan fingerprint density at radius 1 is 1.09 bits per heavy atom. The maximum Gasteiger partial charge on any atom is 0.304 e. The molecule has 22 heavy (non-hydrogen) atoms. The number of ether oxygens (including phenoxy) is 1. The van der Waals surface area contributed by atoms with Crippen LogP contribution in [-0.2, 0) is 18.8 Å². The zero-order valence-corrected chi connectivity index (χ0v) is 16.1. The number of hydrogen-bond donors (Lipinski definition) is 1. The summed E-state index contributed by atoms with van der Waals surface area (Å²) in [6, 6.07) is 0. The van der Waals surface area contributed by atoms with E-state index in [9.17, 15) is 9.59 Å². The molecule has 0 unspecified atom stereocenters.